The number of sulfonamides is 1. The fourth-order valence-corrected chi connectivity index (χ4v) is 4.46. The molecule has 4 rings (SSSR count). The van der Waals surface area contributed by atoms with E-state index in [0.717, 1.165) is 22.5 Å². The number of fused-ring (bicyclic) bond motifs is 1. The van der Waals surface area contributed by atoms with Crippen LogP contribution in [0.2, 0.25) is 0 Å². The Morgan fingerprint density at radius 1 is 1.03 bits per heavy atom. The number of aromatic nitrogens is 3. The summed E-state index contributed by atoms with van der Waals surface area (Å²) in [6.45, 7) is 4.30. The van der Waals surface area contributed by atoms with Gasteiger partial charge in [0.1, 0.15) is 11.3 Å². The number of pyridine rings is 1. The summed E-state index contributed by atoms with van der Waals surface area (Å²) in [5.74, 6) is 0.605. The Morgan fingerprint density at radius 3 is 2.45 bits per heavy atom. The number of imidazole rings is 1. The van der Waals surface area contributed by atoms with E-state index < -0.39 is 10.0 Å². The summed E-state index contributed by atoms with van der Waals surface area (Å²) >= 11 is 0. The number of nitrogens with one attached hydrogen (secondary N) is 2. The number of carbonyl (C=O) groups is 1. The number of amides is 1. The first-order valence-corrected chi connectivity index (χ1v) is 12.1. The third-order valence-electron chi connectivity index (χ3n) is 5.21. The quantitative estimate of drug-likeness (QED) is 0.414. The van der Waals surface area contributed by atoms with Crippen LogP contribution in [-0.2, 0) is 21.4 Å². The fourth-order valence-electron chi connectivity index (χ4n) is 3.44. The molecule has 0 spiro atoms. The van der Waals surface area contributed by atoms with Gasteiger partial charge in [-0.3, -0.25) is 4.79 Å². The van der Waals surface area contributed by atoms with Gasteiger partial charge >= 0.3 is 0 Å². The van der Waals surface area contributed by atoms with E-state index in [-0.39, 0.29) is 17.3 Å². The molecule has 2 N–H and O–H groups in total. The molecule has 0 atom stereocenters. The van der Waals surface area contributed by atoms with Gasteiger partial charge in [0, 0.05) is 37.0 Å². The van der Waals surface area contributed by atoms with Crippen molar-refractivity contribution in [3.63, 3.8) is 0 Å². The average molecular weight is 464 g/mol. The van der Waals surface area contributed by atoms with Crippen LogP contribution in [0.25, 0.3) is 22.6 Å². The molecule has 0 fully saturated rings. The number of carbonyl (C=O) groups excluding carboxylic acids is 1. The second-order valence-corrected chi connectivity index (χ2v) is 9.39. The molecular formula is C24H25N5O3S. The topological polar surface area (TPSA) is 106 Å². The Morgan fingerprint density at radius 2 is 1.76 bits per heavy atom. The Labute approximate surface area is 192 Å². The highest BCUT2D eigenvalue weighted by molar-refractivity contribution is 7.89. The maximum atomic E-state index is 12.8. The number of hydrogen-bond donors (Lipinski definition) is 2. The van der Waals surface area contributed by atoms with Gasteiger partial charge in [-0.15, -0.1) is 0 Å². The van der Waals surface area contributed by atoms with Crippen molar-refractivity contribution in [3.8, 4) is 11.4 Å². The second-order valence-electron chi connectivity index (χ2n) is 7.62. The highest BCUT2D eigenvalue weighted by atomic mass is 32.2. The highest BCUT2D eigenvalue weighted by Crippen LogP contribution is 2.24. The van der Waals surface area contributed by atoms with Gasteiger partial charge in [0.05, 0.1) is 4.90 Å². The summed E-state index contributed by atoms with van der Waals surface area (Å²) in [6.07, 6.45) is 2.05. The minimum Gasteiger partial charge on any atom is -0.326 e. The van der Waals surface area contributed by atoms with Crippen molar-refractivity contribution in [1.29, 1.82) is 0 Å². The number of benzene rings is 2. The number of nitrogens with zero attached hydrogens (tertiary/aromatic N) is 3. The third-order valence-corrected chi connectivity index (χ3v) is 6.69. The predicted octanol–water partition coefficient (Wildman–Crippen LogP) is 3.73. The Balaban J connectivity index is 1.52. The summed E-state index contributed by atoms with van der Waals surface area (Å²) < 4.78 is 30.1. The summed E-state index contributed by atoms with van der Waals surface area (Å²) in [7, 11) is -3.72. The van der Waals surface area contributed by atoms with E-state index in [9.17, 15) is 13.2 Å². The lowest BCUT2D eigenvalue weighted by Crippen LogP contribution is -2.27. The number of anilines is 1. The molecule has 0 radical (unpaired) electrons. The molecule has 2 aromatic heterocycles. The summed E-state index contributed by atoms with van der Waals surface area (Å²) in [5.41, 5.74) is 4.09. The Kier molecular flexibility index (Phi) is 6.52. The lowest BCUT2D eigenvalue weighted by Gasteiger charge is -2.11. The summed E-state index contributed by atoms with van der Waals surface area (Å²) in [5, 5.41) is 2.70. The zero-order chi connectivity index (χ0) is 23.4. The predicted molar refractivity (Wildman–Crippen MR) is 128 cm³/mol. The first-order chi connectivity index (χ1) is 15.9. The molecule has 2 heterocycles. The van der Waals surface area contributed by atoms with Gasteiger partial charge in [-0.1, -0.05) is 36.8 Å². The molecule has 2 aromatic carbocycles. The van der Waals surface area contributed by atoms with Crippen LogP contribution >= 0.6 is 0 Å². The molecule has 0 bridgehead atoms. The van der Waals surface area contributed by atoms with Crippen molar-refractivity contribution in [3.05, 3.63) is 72.4 Å². The smallest absolute Gasteiger partial charge is 0.240 e. The van der Waals surface area contributed by atoms with Crippen molar-refractivity contribution in [2.45, 2.75) is 31.7 Å². The average Bonchev–Trinajstić information content (AvgIpc) is 3.18. The van der Waals surface area contributed by atoms with Crippen LogP contribution in [0.4, 0.5) is 5.69 Å². The Hall–Kier alpha value is -3.56. The molecule has 0 aliphatic rings. The largest absolute Gasteiger partial charge is 0.326 e. The normalized spacial score (nSPS) is 11.6. The van der Waals surface area contributed by atoms with E-state index in [1.165, 1.54) is 12.1 Å². The molecule has 8 nitrogen and oxygen atoms in total. The first kappa shape index (κ1) is 22.6. The van der Waals surface area contributed by atoms with Crippen LogP contribution in [0.1, 0.15) is 18.9 Å². The van der Waals surface area contributed by atoms with Crippen molar-refractivity contribution in [2.24, 2.45) is 0 Å². The van der Waals surface area contributed by atoms with Gasteiger partial charge < -0.3 is 9.88 Å². The second kappa shape index (κ2) is 9.51. The van der Waals surface area contributed by atoms with Crippen molar-refractivity contribution >= 4 is 32.8 Å². The molecule has 0 unspecified atom stereocenters. The van der Waals surface area contributed by atoms with Crippen molar-refractivity contribution < 1.29 is 13.2 Å². The molecule has 9 heteroatoms. The van der Waals surface area contributed by atoms with Crippen molar-refractivity contribution in [2.75, 3.05) is 11.9 Å². The molecule has 4 aromatic rings. The zero-order valence-corrected chi connectivity index (χ0v) is 19.3. The van der Waals surface area contributed by atoms with E-state index in [2.05, 4.69) is 15.0 Å². The van der Waals surface area contributed by atoms with Crippen LogP contribution in [0.15, 0.2) is 71.8 Å². The molecule has 0 aliphatic carbocycles. The van der Waals surface area contributed by atoms with E-state index >= 15 is 0 Å². The molecule has 170 valence electrons. The van der Waals surface area contributed by atoms with Gasteiger partial charge in [0.2, 0.25) is 15.9 Å². The van der Waals surface area contributed by atoms with Crippen LogP contribution < -0.4 is 10.0 Å². The third kappa shape index (κ3) is 5.10. The van der Waals surface area contributed by atoms with E-state index in [1.807, 2.05) is 47.9 Å². The maximum absolute atomic E-state index is 12.8. The van der Waals surface area contributed by atoms with Gasteiger partial charge in [0.25, 0.3) is 0 Å². The minimum absolute atomic E-state index is 0.129. The first-order valence-electron chi connectivity index (χ1n) is 10.7. The van der Waals surface area contributed by atoms with Crippen LogP contribution in [-0.4, -0.2) is 35.4 Å². The van der Waals surface area contributed by atoms with Gasteiger partial charge in [-0.25, -0.2) is 23.1 Å². The molecule has 0 aliphatic heterocycles. The lowest BCUT2D eigenvalue weighted by molar-refractivity contribution is -0.115. The molecule has 1 amide bonds. The van der Waals surface area contributed by atoms with Crippen LogP contribution in [0, 0.1) is 6.92 Å². The maximum Gasteiger partial charge on any atom is 0.240 e. The van der Waals surface area contributed by atoms with E-state index in [4.69, 9.17) is 4.98 Å². The van der Waals surface area contributed by atoms with Crippen LogP contribution in [0.3, 0.4) is 0 Å². The monoisotopic (exact) mass is 463 g/mol. The number of aryl methyl sites for hydroxylation is 1. The van der Waals surface area contributed by atoms with Crippen LogP contribution in [0.5, 0.6) is 0 Å². The van der Waals surface area contributed by atoms with Gasteiger partial charge in [-0.2, -0.15) is 0 Å². The summed E-state index contributed by atoms with van der Waals surface area (Å²) in [4.78, 5) is 20.8. The summed E-state index contributed by atoms with van der Waals surface area (Å²) in [6, 6.07) is 17.8. The van der Waals surface area contributed by atoms with Gasteiger partial charge in [-0.05, 0) is 43.3 Å². The fraction of sp³-hybridized carbons (Fsp3) is 0.208. The van der Waals surface area contributed by atoms with Crippen molar-refractivity contribution in [1.82, 2.24) is 19.3 Å². The number of rotatable bonds is 8. The highest BCUT2D eigenvalue weighted by Gasteiger charge is 2.17. The van der Waals surface area contributed by atoms with Gasteiger partial charge in [0.15, 0.2) is 5.65 Å². The van der Waals surface area contributed by atoms with E-state index in [0.29, 0.717) is 24.3 Å². The molecular weight excluding hydrogens is 438 g/mol. The molecule has 33 heavy (non-hydrogen) atoms. The lowest BCUT2D eigenvalue weighted by atomic mass is 10.1. The van der Waals surface area contributed by atoms with E-state index in [1.54, 1.807) is 25.3 Å². The molecule has 0 saturated heterocycles. The SMILES string of the molecule is CCC(=O)Nc1ccc(S(=O)(=O)NCCn2c(-c3ccc(C)cc3)nc3cccnc32)cc1. The minimum atomic E-state index is -3.72. The molecule has 0 saturated carbocycles. The Bertz CT molecular complexity index is 1380. The zero-order valence-electron chi connectivity index (χ0n) is 18.4. The number of hydrogen-bond acceptors (Lipinski definition) is 5. The standard InChI is InChI=1S/C24H25N5O3S/c1-3-22(30)27-19-10-12-20(13-11-19)33(31,32)26-15-16-29-23(18-8-6-17(2)7-9-18)28-21-5-4-14-25-24(21)29/h4-14,26H,3,15-16H2,1-2H3,(H,27,30).